The molecule has 27 heavy (non-hydrogen) atoms. The Morgan fingerprint density at radius 3 is 2.81 bits per heavy atom. The zero-order valence-corrected chi connectivity index (χ0v) is 15.9. The first kappa shape index (κ1) is 17.9. The Hall–Kier alpha value is -2.48. The molecule has 1 fully saturated rings. The first-order valence-corrected chi connectivity index (χ1v) is 9.64. The molecule has 2 aromatic rings. The van der Waals surface area contributed by atoms with Crippen LogP contribution in [-0.4, -0.2) is 57.3 Å². The Kier molecular flexibility index (Phi) is 4.82. The minimum atomic E-state index is -0.476. The Balaban J connectivity index is 1.75. The summed E-state index contributed by atoms with van der Waals surface area (Å²) in [4.78, 5) is 23.3. The second-order valence-corrected chi connectivity index (χ2v) is 7.43. The van der Waals surface area contributed by atoms with E-state index in [1.807, 2.05) is 17.8 Å². The molecular weight excluding hydrogens is 344 g/mol. The number of nitrogens with zero attached hydrogens (tertiary/aromatic N) is 5. The normalized spacial score (nSPS) is 17.4. The van der Waals surface area contributed by atoms with Crippen LogP contribution < -0.4 is 10.5 Å². The Morgan fingerprint density at radius 1 is 1.33 bits per heavy atom. The van der Waals surface area contributed by atoms with Gasteiger partial charge in [-0.2, -0.15) is 10.1 Å². The van der Waals surface area contributed by atoms with Gasteiger partial charge in [0.05, 0.1) is 18.0 Å². The molecule has 8 nitrogen and oxygen atoms in total. The van der Waals surface area contributed by atoms with Gasteiger partial charge in [0.25, 0.3) is 5.91 Å². The van der Waals surface area contributed by atoms with Crippen LogP contribution in [0.5, 0.6) is 6.01 Å². The van der Waals surface area contributed by atoms with Crippen molar-refractivity contribution < 1.29 is 9.53 Å². The molecule has 2 N–H and O–H groups in total. The molecule has 2 aromatic heterocycles. The number of aromatic nitrogens is 4. The Bertz CT molecular complexity index is 854. The van der Waals surface area contributed by atoms with Gasteiger partial charge in [0.2, 0.25) is 0 Å². The molecule has 1 amide bonds. The lowest BCUT2D eigenvalue weighted by molar-refractivity contribution is 0.0993. The largest absolute Gasteiger partial charge is 0.464 e. The molecule has 1 aliphatic heterocycles. The van der Waals surface area contributed by atoms with E-state index in [4.69, 9.17) is 10.5 Å². The van der Waals surface area contributed by atoms with Gasteiger partial charge < -0.3 is 15.4 Å². The van der Waals surface area contributed by atoms with Crippen LogP contribution in [-0.2, 0) is 19.4 Å². The van der Waals surface area contributed by atoms with Gasteiger partial charge in [-0.15, -0.1) is 0 Å². The molecular formula is C19H26N6O2. The molecule has 144 valence electrons. The fraction of sp³-hybridized carbons (Fsp3) is 0.579. The number of primary amides is 1. The summed E-state index contributed by atoms with van der Waals surface area (Å²) >= 11 is 0. The number of amides is 1. The molecule has 0 saturated carbocycles. The first-order valence-electron chi connectivity index (χ1n) is 9.64. The molecule has 0 aromatic carbocycles. The fourth-order valence-electron chi connectivity index (χ4n) is 4.06. The smallest absolute Gasteiger partial charge is 0.316 e. The highest BCUT2D eigenvalue weighted by Crippen LogP contribution is 2.35. The van der Waals surface area contributed by atoms with E-state index in [9.17, 15) is 4.79 Å². The number of aryl methyl sites for hydroxylation is 1. The molecule has 0 bridgehead atoms. The number of carbonyl (C=O) groups is 1. The maximum atomic E-state index is 12.0. The number of fused-ring (bicyclic) bond motifs is 3. The molecule has 0 unspecified atom stereocenters. The third kappa shape index (κ3) is 3.41. The molecule has 1 saturated heterocycles. The highest BCUT2D eigenvalue weighted by atomic mass is 16.5. The number of piperidine rings is 1. The fourth-order valence-corrected chi connectivity index (χ4v) is 4.06. The average Bonchev–Trinajstić information content (AvgIpc) is 3.03. The molecule has 0 radical (unpaired) electrons. The van der Waals surface area contributed by atoms with E-state index >= 15 is 0 Å². The molecule has 3 heterocycles. The van der Waals surface area contributed by atoms with E-state index < -0.39 is 5.91 Å². The maximum Gasteiger partial charge on any atom is 0.316 e. The monoisotopic (exact) mass is 370 g/mol. The third-order valence-electron chi connectivity index (χ3n) is 5.54. The van der Waals surface area contributed by atoms with Crippen LogP contribution >= 0.6 is 0 Å². The first-order chi connectivity index (χ1) is 13.1. The quantitative estimate of drug-likeness (QED) is 0.851. The number of ether oxygens (including phenoxy) is 1. The summed E-state index contributed by atoms with van der Waals surface area (Å²) in [5.74, 6) is 0.0559. The third-order valence-corrected chi connectivity index (χ3v) is 5.54. The van der Waals surface area contributed by atoms with Crippen LogP contribution in [0, 0.1) is 5.92 Å². The highest BCUT2D eigenvalue weighted by molar-refractivity contribution is 5.94. The van der Waals surface area contributed by atoms with Gasteiger partial charge >= 0.3 is 6.01 Å². The van der Waals surface area contributed by atoms with Crippen molar-refractivity contribution in [3.05, 3.63) is 23.0 Å². The zero-order chi connectivity index (χ0) is 19.0. The molecule has 1 aliphatic carbocycles. The average molecular weight is 370 g/mol. The van der Waals surface area contributed by atoms with Crippen LogP contribution in [0.2, 0.25) is 0 Å². The van der Waals surface area contributed by atoms with Crippen LogP contribution in [0.4, 0.5) is 0 Å². The van der Waals surface area contributed by atoms with Crippen LogP contribution in [0.3, 0.4) is 0 Å². The lowest BCUT2D eigenvalue weighted by Gasteiger charge is -2.29. The number of likely N-dealkylation sites (tertiary alicyclic amines) is 1. The van der Waals surface area contributed by atoms with Crippen molar-refractivity contribution >= 4 is 5.91 Å². The summed E-state index contributed by atoms with van der Waals surface area (Å²) in [6.45, 7) is 5.36. The van der Waals surface area contributed by atoms with Crippen molar-refractivity contribution in [3.63, 3.8) is 0 Å². The minimum Gasteiger partial charge on any atom is -0.464 e. The zero-order valence-electron chi connectivity index (χ0n) is 15.9. The lowest BCUT2D eigenvalue weighted by Crippen LogP contribution is -2.32. The van der Waals surface area contributed by atoms with E-state index in [1.165, 1.54) is 0 Å². The number of nitrogens with two attached hydrogens (primary N) is 1. The van der Waals surface area contributed by atoms with Gasteiger partial charge in [-0.25, -0.2) is 4.98 Å². The van der Waals surface area contributed by atoms with Crippen LogP contribution in [0.1, 0.15) is 41.4 Å². The lowest BCUT2D eigenvalue weighted by atomic mass is 9.92. The van der Waals surface area contributed by atoms with E-state index in [0.717, 1.165) is 67.8 Å². The van der Waals surface area contributed by atoms with Crippen molar-refractivity contribution in [2.24, 2.45) is 11.7 Å². The van der Waals surface area contributed by atoms with E-state index in [-0.39, 0.29) is 0 Å². The second-order valence-electron chi connectivity index (χ2n) is 7.43. The van der Waals surface area contributed by atoms with Gasteiger partial charge in [0.15, 0.2) is 5.69 Å². The van der Waals surface area contributed by atoms with Gasteiger partial charge in [0.1, 0.15) is 0 Å². The summed E-state index contributed by atoms with van der Waals surface area (Å²) < 4.78 is 7.44. The number of hydrogen-bond donors (Lipinski definition) is 1. The SMILES string of the molecule is CCOc1ncc2c(n1)-c1c(c(C(N)=O)nn1CC1CCN(C)CC1)CC2. The van der Waals surface area contributed by atoms with Crippen LogP contribution in [0.15, 0.2) is 6.20 Å². The highest BCUT2D eigenvalue weighted by Gasteiger charge is 2.30. The van der Waals surface area contributed by atoms with Crippen molar-refractivity contribution in [2.45, 2.75) is 39.2 Å². The van der Waals surface area contributed by atoms with Crippen molar-refractivity contribution in [1.82, 2.24) is 24.6 Å². The minimum absolute atomic E-state index is 0.358. The van der Waals surface area contributed by atoms with Gasteiger partial charge in [0, 0.05) is 18.3 Å². The summed E-state index contributed by atoms with van der Waals surface area (Å²) in [6.07, 6.45) is 5.57. The van der Waals surface area contributed by atoms with E-state index in [2.05, 4.69) is 27.0 Å². The van der Waals surface area contributed by atoms with Gasteiger partial charge in [-0.05, 0) is 64.2 Å². The Labute approximate surface area is 158 Å². The summed E-state index contributed by atoms with van der Waals surface area (Å²) in [6, 6.07) is 0.358. The topological polar surface area (TPSA) is 99.2 Å². The number of hydrogen-bond acceptors (Lipinski definition) is 6. The number of rotatable bonds is 5. The summed E-state index contributed by atoms with van der Waals surface area (Å²) in [5, 5.41) is 4.61. The molecule has 4 rings (SSSR count). The van der Waals surface area contributed by atoms with Crippen molar-refractivity contribution in [3.8, 4) is 17.4 Å². The predicted octanol–water partition coefficient (Wildman–Crippen LogP) is 1.28. The Morgan fingerprint density at radius 2 is 2.11 bits per heavy atom. The standard InChI is InChI=1S/C19H26N6O2/c1-3-27-19-21-10-13-4-5-14-16(18(20)26)23-25(17(14)15(13)22-19)11-12-6-8-24(2)9-7-12/h10,12H,3-9,11H2,1-2H3,(H2,20,26). The predicted molar refractivity (Wildman–Crippen MR) is 101 cm³/mol. The van der Waals surface area contributed by atoms with Gasteiger partial charge in [-0.3, -0.25) is 9.48 Å². The summed E-state index contributed by atoms with van der Waals surface area (Å²) in [5.41, 5.74) is 9.70. The van der Waals surface area contributed by atoms with Crippen molar-refractivity contribution in [2.75, 3.05) is 26.7 Å². The second kappa shape index (κ2) is 7.26. The number of carbonyl (C=O) groups excluding carboxylic acids is 1. The van der Waals surface area contributed by atoms with Crippen LogP contribution in [0.25, 0.3) is 11.4 Å². The van der Waals surface area contributed by atoms with E-state index in [1.54, 1.807) is 0 Å². The van der Waals surface area contributed by atoms with Gasteiger partial charge in [-0.1, -0.05) is 0 Å². The van der Waals surface area contributed by atoms with Crippen molar-refractivity contribution in [1.29, 1.82) is 0 Å². The summed E-state index contributed by atoms with van der Waals surface area (Å²) in [7, 11) is 2.15. The van der Waals surface area contributed by atoms with E-state index in [0.29, 0.717) is 24.2 Å². The molecule has 8 heteroatoms. The molecule has 0 atom stereocenters. The molecule has 2 aliphatic rings. The maximum absolute atomic E-state index is 12.0. The molecule has 0 spiro atoms.